The number of hydrogen-bond donors (Lipinski definition) is 1. The smallest absolute Gasteiger partial charge is 0.297 e. The summed E-state index contributed by atoms with van der Waals surface area (Å²) >= 11 is 12.1. The summed E-state index contributed by atoms with van der Waals surface area (Å²) in [6.07, 6.45) is -0.517. The highest BCUT2D eigenvalue weighted by atomic mass is 35.5. The zero-order chi connectivity index (χ0) is 22.9. The van der Waals surface area contributed by atoms with E-state index < -0.39 is 23.0 Å². The van der Waals surface area contributed by atoms with Gasteiger partial charge in [-0.25, -0.2) is 14.4 Å². The van der Waals surface area contributed by atoms with E-state index in [0.717, 1.165) is 10.9 Å². The number of rotatable bonds is 5. The first kappa shape index (κ1) is 22.5. The molecule has 2 aromatic heterocycles. The van der Waals surface area contributed by atoms with Gasteiger partial charge in [0, 0.05) is 16.8 Å². The minimum absolute atomic E-state index is 0.0242. The molecule has 11 heteroatoms. The van der Waals surface area contributed by atoms with Crippen molar-refractivity contribution in [2.75, 3.05) is 0 Å². The van der Waals surface area contributed by atoms with Gasteiger partial charge in [0.1, 0.15) is 34.5 Å². The molecular formula is C20H16Cl2FN5O3. The van der Waals surface area contributed by atoms with Crippen LogP contribution >= 0.6 is 23.2 Å². The fraction of sp³-hybridized carbons (Fsp3) is 0.250. The highest BCUT2D eigenvalue weighted by Crippen LogP contribution is 2.36. The first-order chi connectivity index (χ1) is 14.6. The molecule has 0 saturated heterocycles. The topological polar surface area (TPSA) is 114 Å². The van der Waals surface area contributed by atoms with E-state index in [1.807, 2.05) is 6.07 Å². The molecule has 2 heterocycles. The number of aromatic amines is 1. The number of alkyl halides is 1. The summed E-state index contributed by atoms with van der Waals surface area (Å²) < 4.78 is 20.9. The normalized spacial score (nSPS) is 11.8. The number of ether oxygens (including phenoxy) is 1. The van der Waals surface area contributed by atoms with Crippen LogP contribution in [0, 0.1) is 25.2 Å². The molecule has 0 aliphatic carbocycles. The van der Waals surface area contributed by atoms with Crippen molar-refractivity contribution in [3.8, 4) is 17.6 Å². The third-order valence-corrected chi connectivity index (χ3v) is 5.01. The zero-order valence-corrected chi connectivity index (χ0v) is 18.2. The fourth-order valence-electron chi connectivity index (χ4n) is 2.91. The van der Waals surface area contributed by atoms with Crippen molar-refractivity contribution in [3.05, 3.63) is 77.6 Å². The van der Waals surface area contributed by atoms with E-state index in [1.54, 1.807) is 13.8 Å². The average molecular weight is 464 g/mol. The standard InChI is InChI=1S/C20H16Cl2FN5O3/c1-9(23)17-18(31-15-5-13(21)4-12(6-24)16(15)22)20(30)28(8-25-17)7-14-10(2)26-11(3)27-19(14)29/h4-5,8-9H,7H2,1-3H3,(H,26,27,29). The highest BCUT2D eigenvalue weighted by Gasteiger charge is 2.22. The molecule has 0 radical (unpaired) electrons. The van der Waals surface area contributed by atoms with Crippen molar-refractivity contribution >= 4 is 23.2 Å². The SMILES string of the molecule is Cc1nc(C)c(Cn2cnc(C(C)F)c(Oc3cc(Cl)cc(C#N)c3Cl)c2=O)c(=O)[nH]1. The molecule has 1 atom stereocenters. The summed E-state index contributed by atoms with van der Waals surface area (Å²) in [5, 5.41) is 9.24. The summed E-state index contributed by atoms with van der Waals surface area (Å²) in [6, 6.07) is 4.49. The van der Waals surface area contributed by atoms with Crippen molar-refractivity contribution < 1.29 is 9.13 Å². The second-order valence-corrected chi connectivity index (χ2v) is 7.52. The largest absolute Gasteiger partial charge is 0.448 e. The maximum absolute atomic E-state index is 14.2. The van der Waals surface area contributed by atoms with E-state index in [2.05, 4.69) is 15.0 Å². The van der Waals surface area contributed by atoms with Gasteiger partial charge in [0.05, 0.1) is 24.0 Å². The molecule has 0 spiro atoms. The molecule has 8 nitrogen and oxygen atoms in total. The Hall–Kier alpha value is -3.22. The Morgan fingerprint density at radius 2 is 2.03 bits per heavy atom. The Balaban J connectivity index is 2.14. The van der Waals surface area contributed by atoms with Crippen molar-refractivity contribution in [1.29, 1.82) is 5.26 Å². The summed E-state index contributed by atoms with van der Waals surface area (Å²) in [5.41, 5.74) is -0.703. The number of hydrogen-bond acceptors (Lipinski definition) is 6. The van der Waals surface area contributed by atoms with E-state index in [9.17, 15) is 19.2 Å². The van der Waals surface area contributed by atoms with Gasteiger partial charge in [0.15, 0.2) is 0 Å². The molecule has 1 aromatic carbocycles. The quantitative estimate of drug-likeness (QED) is 0.611. The molecule has 0 bridgehead atoms. The number of benzene rings is 1. The molecular weight excluding hydrogens is 448 g/mol. The fourth-order valence-corrected chi connectivity index (χ4v) is 3.31. The number of nitrogens with one attached hydrogen (secondary N) is 1. The van der Waals surface area contributed by atoms with Gasteiger partial charge in [0.2, 0.25) is 5.75 Å². The van der Waals surface area contributed by atoms with E-state index in [-0.39, 0.29) is 39.2 Å². The van der Waals surface area contributed by atoms with Crippen LogP contribution in [0.25, 0.3) is 0 Å². The van der Waals surface area contributed by atoms with Crippen LogP contribution in [0.4, 0.5) is 4.39 Å². The Bertz CT molecular complexity index is 1330. The lowest BCUT2D eigenvalue weighted by Crippen LogP contribution is -2.28. The molecule has 0 aliphatic rings. The zero-order valence-electron chi connectivity index (χ0n) is 16.7. The maximum Gasteiger partial charge on any atom is 0.297 e. The van der Waals surface area contributed by atoms with Crippen LogP contribution in [0.15, 0.2) is 28.0 Å². The minimum atomic E-state index is -1.64. The van der Waals surface area contributed by atoms with Gasteiger partial charge >= 0.3 is 0 Å². The molecule has 0 fully saturated rings. The van der Waals surface area contributed by atoms with Crippen molar-refractivity contribution in [1.82, 2.24) is 19.5 Å². The highest BCUT2D eigenvalue weighted by molar-refractivity contribution is 6.35. The first-order valence-electron chi connectivity index (χ1n) is 8.99. The molecule has 0 saturated carbocycles. The second-order valence-electron chi connectivity index (χ2n) is 6.70. The van der Waals surface area contributed by atoms with Gasteiger partial charge in [0.25, 0.3) is 11.1 Å². The summed E-state index contributed by atoms with van der Waals surface area (Å²) in [7, 11) is 0. The van der Waals surface area contributed by atoms with Gasteiger partial charge in [-0.3, -0.25) is 14.2 Å². The molecule has 0 amide bonds. The summed E-state index contributed by atoms with van der Waals surface area (Å²) in [5.74, 6) is -0.0961. The van der Waals surface area contributed by atoms with Crippen LogP contribution < -0.4 is 15.9 Å². The first-order valence-corrected chi connectivity index (χ1v) is 9.74. The molecule has 160 valence electrons. The van der Waals surface area contributed by atoms with Crippen LogP contribution in [0.2, 0.25) is 10.0 Å². The van der Waals surface area contributed by atoms with Gasteiger partial charge in [-0.1, -0.05) is 23.2 Å². The lowest BCUT2D eigenvalue weighted by Gasteiger charge is -2.15. The average Bonchev–Trinajstić information content (AvgIpc) is 2.69. The molecule has 0 aliphatic heterocycles. The van der Waals surface area contributed by atoms with Crippen LogP contribution in [-0.4, -0.2) is 19.5 Å². The number of nitrogens with zero attached hydrogens (tertiary/aromatic N) is 4. The van der Waals surface area contributed by atoms with Crippen molar-refractivity contribution in [2.45, 2.75) is 33.5 Å². The van der Waals surface area contributed by atoms with Gasteiger partial charge < -0.3 is 9.72 Å². The van der Waals surface area contributed by atoms with E-state index in [1.165, 1.54) is 19.1 Å². The Kier molecular flexibility index (Phi) is 6.43. The van der Waals surface area contributed by atoms with Gasteiger partial charge in [-0.2, -0.15) is 5.26 Å². The van der Waals surface area contributed by atoms with Crippen molar-refractivity contribution in [2.24, 2.45) is 0 Å². The lowest BCUT2D eigenvalue weighted by molar-refractivity contribution is 0.344. The van der Waals surface area contributed by atoms with Gasteiger partial charge in [-0.05, 0) is 26.8 Å². The molecule has 1 unspecified atom stereocenters. The van der Waals surface area contributed by atoms with Gasteiger partial charge in [-0.15, -0.1) is 0 Å². The van der Waals surface area contributed by atoms with Crippen LogP contribution in [0.5, 0.6) is 11.5 Å². The minimum Gasteiger partial charge on any atom is -0.448 e. The van der Waals surface area contributed by atoms with Crippen LogP contribution in [-0.2, 0) is 6.54 Å². The molecule has 31 heavy (non-hydrogen) atoms. The predicted molar refractivity (Wildman–Crippen MR) is 113 cm³/mol. The Morgan fingerprint density at radius 3 is 2.65 bits per heavy atom. The predicted octanol–water partition coefficient (Wildman–Crippen LogP) is 3.99. The third-order valence-electron chi connectivity index (χ3n) is 4.41. The molecule has 1 N–H and O–H groups in total. The monoisotopic (exact) mass is 463 g/mol. The Labute approximate surface area is 185 Å². The number of halogens is 3. The van der Waals surface area contributed by atoms with Crippen LogP contribution in [0.1, 0.15) is 41.4 Å². The van der Waals surface area contributed by atoms with E-state index >= 15 is 0 Å². The lowest BCUT2D eigenvalue weighted by atomic mass is 10.2. The summed E-state index contributed by atoms with van der Waals surface area (Å²) in [4.78, 5) is 36.2. The number of H-pyrrole nitrogens is 1. The number of nitriles is 1. The summed E-state index contributed by atoms with van der Waals surface area (Å²) in [6.45, 7) is 4.31. The molecule has 3 aromatic rings. The molecule has 3 rings (SSSR count). The number of aromatic nitrogens is 4. The Morgan fingerprint density at radius 1 is 1.32 bits per heavy atom. The van der Waals surface area contributed by atoms with E-state index in [0.29, 0.717) is 11.5 Å². The maximum atomic E-state index is 14.2. The number of aryl methyl sites for hydroxylation is 2. The van der Waals surface area contributed by atoms with E-state index in [4.69, 9.17) is 27.9 Å². The van der Waals surface area contributed by atoms with Crippen LogP contribution in [0.3, 0.4) is 0 Å². The van der Waals surface area contributed by atoms with Crippen molar-refractivity contribution in [3.63, 3.8) is 0 Å². The second kappa shape index (κ2) is 8.88. The third kappa shape index (κ3) is 4.60.